The number of carbonyl (C=O) groups is 4. The van der Waals surface area contributed by atoms with Gasteiger partial charge in [-0.05, 0) is 43.7 Å². The lowest BCUT2D eigenvalue weighted by Gasteiger charge is -2.22. The topological polar surface area (TPSA) is 95.6 Å². The number of hydrogen-bond donors (Lipinski definition) is 2. The summed E-state index contributed by atoms with van der Waals surface area (Å²) in [5.41, 5.74) is 0.0252. The number of anilines is 1. The predicted octanol–water partition coefficient (Wildman–Crippen LogP) is 3.06. The van der Waals surface area contributed by atoms with Gasteiger partial charge in [0, 0.05) is 10.0 Å². The molecule has 1 aliphatic heterocycles. The van der Waals surface area contributed by atoms with Gasteiger partial charge in [-0.25, -0.2) is 4.79 Å². The zero-order valence-electron chi connectivity index (χ0n) is 15.3. The van der Waals surface area contributed by atoms with Crippen LogP contribution in [0.2, 0.25) is 0 Å². The molecule has 2 N–H and O–H groups in total. The van der Waals surface area contributed by atoms with Gasteiger partial charge in [0.15, 0.2) is 5.78 Å². The Morgan fingerprint density at radius 3 is 2.54 bits per heavy atom. The number of imide groups is 1. The molecule has 0 aliphatic carbocycles. The van der Waals surface area contributed by atoms with E-state index in [2.05, 4.69) is 26.6 Å². The lowest BCUT2D eigenvalue weighted by Crippen LogP contribution is -2.42. The minimum absolute atomic E-state index is 0.201. The molecule has 1 saturated heterocycles. The molecule has 1 fully saturated rings. The number of ketones is 1. The van der Waals surface area contributed by atoms with Crippen LogP contribution >= 0.6 is 15.9 Å². The molecule has 144 valence electrons. The Hall–Kier alpha value is -3.00. The van der Waals surface area contributed by atoms with Gasteiger partial charge >= 0.3 is 6.03 Å². The van der Waals surface area contributed by atoms with Crippen molar-refractivity contribution in [2.45, 2.75) is 19.4 Å². The quantitative estimate of drug-likeness (QED) is 0.548. The highest BCUT2D eigenvalue weighted by atomic mass is 79.9. The molecule has 28 heavy (non-hydrogen) atoms. The molecular weight excluding hydrogens is 426 g/mol. The molecule has 0 bridgehead atoms. The fourth-order valence-corrected chi connectivity index (χ4v) is 3.47. The third-order valence-electron chi connectivity index (χ3n) is 4.56. The Bertz CT molecular complexity index is 991. The van der Waals surface area contributed by atoms with Crippen LogP contribution in [0.3, 0.4) is 0 Å². The van der Waals surface area contributed by atoms with E-state index in [9.17, 15) is 19.2 Å². The van der Waals surface area contributed by atoms with Crippen LogP contribution in [0.4, 0.5) is 10.5 Å². The van der Waals surface area contributed by atoms with Gasteiger partial charge in [-0.1, -0.05) is 40.2 Å². The first kappa shape index (κ1) is 19.8. The first-order valence-corrected chi connectivity index (χ1v) is 9.31. The van der Waals surface area contributed by atoms with Crippen LogP contribution in [0.1, 0.15) is 29.8 Å². The average molecular weight is 444 g/mol. The fourth-order valence-electron chi connectivity index (χ4n) is 3.07. The van der Waals surface area contributed by atoms with Crippen LogP contribution < -0.4 is 10.6 Å². The van der Waals surface area contributed by atoms with Crippen molar-refractivity contribution in [1.82, 2.24) is 10.2 Å². The third kappa shape index (κ3) is 3.68. The summed E-state index contributed by atoms with van der Waals surface area (Å²) in [5, 5.41) is 5.25. The fraction of sp³-hybridized carbons (Fsp3) is 0.200. The summed E-state index contributed by atoms with van der Waals surface area (Å²) in [5.74, 6) is -1.30. The number of benzene rings is 2. The van der Waals surface area contributed by atoms with Gasteiger partial charge in [-0.3, -0.25) is 19.3 Å². The van der Waals surface area contributed by atoms with E-state index in [1.54, 1.807) is 49.4 Å². The molecule has 0 saturated carbocycles. The summed E-state index contributed by atoms with van der Waals surface area (Å²) in [6, 6.07) is 12.9. The Kier molecular flexibility index (Phi) is 5.33. The molecule has 1 atom stereocenters. The van der Waals surface area contributed by atoms with E-state index in [0.29, 0.717) is 16.8 Å². The van der Waals surface area contributed by atoms with Crippen LogP contribution in [0.5, 0.6) is 0 Å². The number of nitrogens with zero attached hydrogens (tertiary/aromatic N) is 1. The number of halogens is 1. The van der Waals surface area contributed by atoms with Gasteiger partial charge in [0.1, 0.15) is 12.1 Å². The molecular formula is C20H18BrN3O4. The summed E-state index contributed by atoms with van der Waals surface area (Å²) >= 11 is 3.35. The maximum Gasteiger partial charge on any atom is 0.325 e. The van der Waals surface area contributed by atoms with E-state index in [1.807, 2.05) is 6.07 Å². The van der Waals surface area contributed by atoms with Crippen LogP contribution in [0.15, 0.2) is 53.0 Å². The Labute approximate surface area is 170 Å². The maximum atomic E-state index is 12.9. The number of Topliss-reactive ketones (excluding diaryl/α,β-unsaturated/α-hetero) is 1. The van der Waals surface area contributed by atoms with Crippen molar-refractivity contribution in [1.29, 1.82) is 0 Å². The summed E-state index contributed by atoms with van der Waals surface area (Å²) < 4.78 is 0.769. The van der Waals surface area contributed by atoms with Crippen molar-refractivity contribution in [3.63, 3.8) is 0 Å². The van der Waals surface area contributed by atoms with E-state index in [4.69, 9.17) is 0 Å². The van der Waals surface area contributed by atoms with E-state index in [-0.39, 0.29) is 5.78 Å². The Morgan fingerprint density at radius 2 is 1.86 bits per heavy atom. The summed E-state index contributed by atoms with van der Waals surface area (Å²) in [6.45, 7) is 2.53. The maximum absolute atomic E-state index is 12.9. The lowest BCUT2D eigenvalue weighted by atomic mass is 9.92. The molecule has 2 aromatic carbocycles. The standard InChI is InChI=1S/C20H18BrN3O4/c1-12(25)15-8-3-4-9-16(15)22-17(26)11-24-18(27)20(2,23-19(24)28)13-6-5-7-14(21)10-13/h3-10H,11H2,1-2H3,(H,22,26)(H,23,28)/t20-/m0/s1. The van der Waals surface area contributed by atoms with Gasteiger partial charge in [-0.2, -0.15) is 0 Å². The molecule has 0 radical (unpaired) electrons. The number of hydrogen-bond acceptors (Lipinski definition) is 4. The van der Waals surface area contributed by atoms with Crippen LogP contribution in [0, 0.1) is 0 Å². The van der Waals surface area contributed by atoms with E-state index in [1.165, 1.54) is 6.92 Å². The second-order valence-electron chi connectivity index (χ2n) is 6.61. The molecule has 1 heterocycles. The van der Waals surface area contributed by atoms with Crippen molar-refractivity contribution in [3.05, 3.63) is 64.1 Å². The van der Waals surface area contributed by atoms with Crippen molar-refractivity contribution < 1.29 is 19.2 Å². The zero-order valence-corrected chi connectivity index (χ0v) is 16.9. The molecule has 4 amide bonds. The van der Waals surface area contributed by atoms with Crippen LogP contribution in [-0.2, 0) is 15.1 Å². The highest BCUT2D eigenvalue weighted by Crippen LogP contribution is 2.30. The molecule has 1 aliphatic rings. The number of carbonyl (C=O) groups excluding carboxylic acids is 4. The predicted molar refractivity (Wildman–Crippen MR) is 107 cm³/mol. The first-order chi connectivity index (χ1) is 13.2. The minimum Gasteiger partial charge on any atom is -0.324 e. The molecule has 2 aromatic rings. The SMILES string of the molecule is CC(=O)c1ccccc1NC(=O)CN1C(=O)N[C@@](C)(c2cccc(Br)c2)C1=O. The van der Waals surface area contributed by atoms with Gasteiger partial charge in [0.2, 0.25) is 5.91 Å². The molecule has 0 unspecified atom stereocenters. The zero-order chi connectivity index (χ0) is 20.5. The molecule has 0 aromatic heterocycles. The van der Waals surface area contributed by atoms with E-state index < -0.39 is 29.9 Å². The smallest absolute Gasteiger partial charge is 0.324 e. The third-order valence-corrected chi connectivity index (χ3v) is 5.05. The highest BCUT2D eigenvalue weighted by molar-refractivity contribution is 9.10. The molecule has 7 nitrogen and oxygen atoms in total. The number of urea groups is 1. The van der Waals surface area contributed by atoms with Crippen molar-refractivity contribution >= 4 is 45.2 Å². The van der Waals surface area contributed by atoms with E-state index in [0.717, 1.165) is 9.37 Å². The summed E-state index contributed by atoms with van der Waals surface area (Å²) in [6.07, 6.45) is 0. The summed E-state index contributed by atoms with van der Waals surface area (Å²) in [7, 11) is 0. The number of rotatable bonds is 5. The second kappa shape index (κ2) is 7.55. The number of para-hydroxylation sites is 1. The van der Waals surface area contributed by atoms with Gasteiger partial charge in [-0.15, -0.1) is 0 Å². The Balaban J connectivity index is 1.78. The highest BCUT2D eigenvalue weighted by Gasteiger charge is 2.49. The summed E-state index contributed by atoms with van der Waals surface area (Å²) in [4.78, 5) is 50.3. The number of amides is 4. The largest absolute Gasteiger partial charge is 0.325 e. The monoisotopic (exact) mass is 443 g/mol. The molecule has 3 rings (SSSR count). The van der Waals surface area contributed by atoms with Crippen molar-refractivity contribution in [3.8, 4) is 0 Å². The number of nitrogens with one attached hydrogen (secondary N) is 2. The van der Waals surface area contributed by atoms with Gasteiger partial charge in [0.05, 0.1) is 5.69 Å². The van der Waals surface area contributed by atoms with Gasteiger partial charge < -0.3 is 10.6 Å². The van der Waals surface area contributed by atoms with E-state index >= 15 is 0 Å². The van der Waals surface area contributed by atoms with Crippen molar-refractivity contribution in [2.75, 3.05) is 11.9 Å². The van der Waals surface area contributed by atoms with Crippen LogP contribution in [0.25, 0.3) is 0 Å². The minimum atomic E-state index is -1.27. The van der Waals surface area contributed by atoms with Crippen molar-refractivity contribution in [2.24, 2.45) is 0 Å². The van der Waals surface area contributed by atoms with Gasteiger partial charge in [0.25, 0.3) is 5.91 Å². The average Bonchev–Trinajstić information content (AvgIpc) is 2.86. The second-order valence-corrected chi connectivity index (χ2v) is 7.52. The lowest BCUT2D eigenvalue weighted by molar-refractivity contribution is -0.133. The normalized spacial score (nSPS) is 18.8. The molecule has 8 heteroatoms. The Morgan fingerprint density at radius 1 is 1.14 bits per heavy atom. The first-order valence-electron chi connectivity index (χ1n) is 8.52. The molecule has 0 spiro atoms. The van der Waals surface area contributed by atoms with Crippen LogP contribution in [-0.4, -0.2) is 35.1 Å².